The molecule has 1 aliphatic rings. The Hall–Kier alpha value is -3.02. The quantitative estimate of drug-likeness (QED) is 0.744. The Kier molecular flexibility index (Phi) is 3.65. The summed E-state index contributed by atoms with van der Waals surface area (Å²) >= 11 is 0. The second kappa shape index (κ2) is 5.77. The number of ether oxygens (including phenoxy) is 1. The molecule has 2 aromatic carbocycles. The molecule has 0 heterocycles. The molecular weight excluding hydrogens is 284 g/mol. The zero-order valence-electron chi connectivity index (χ0n) is 11.6. The molecule has 0 radical (unpaired) electrons. The molecule has 0 saturated heterocycles. The maximum atomic E-state index is 11.5. The number of rotatable bonds is 2. The molecule has 1 aliphatic carbocycles. The van der Waals surface area contributed by atoms with E-state index in [1.165, 1.54) is 0 Å². The zero-order valence-corrected chi connectivity index (χ0v) is 11.6. The van der Waals surface area contributed by atoms with Gasteiger partial charge in [-0.2, -0.15) is 0 Å². The van der Waals surface area contributed by atoms with E-state index >= 15 is 0 Å². The highest BCUT2D eigenvalue weighted by atomic mass is 16.6. The first kappa shape index (κ1) is 13.9. The molecule has 6 nitrogen and oxygen atoms in total. The van der Waals surface area contributed by atoms with E-state index in [2.05, 4.69) is 0 Å². The van der Waals surface area contributed by atoms with E-state index in [1.54, 1.807) is 5.43 Å². The first-order valence-electron chi connectivity index (χ1n) is 6.76. The van der Waals surface area contributed by atoms with Crippen molar-refractivity contribution in [1.29, 1.82) is 0 Å². The lowest BCUT2D eigenvalue weighted by atomic mass is 9.98. The number of hydrogen-bond donors (Lipinski definition) is 3. The van der Waals surface area contributed by atoms with Crippen LogP contribution in [0.3, 0.4) is 0 Å². The maximum absolute atomic E-state index is 11.5. The van der Waals surface area contributed by atoms with Gasteiger partial charge < -0.3 is 9.84 Å². The minimum atomic E-state index is -1.35. The van der Waals surface area contributed by atoms with Crippen LogP contribution >= 0.6 is 0 Å². The molecule has 6 heteroatoms. The van der Waals surface area contributed by atoms with Gasteiger partial charge in [0.05, 0.1) is 0 Å². The molecule has 2 aromatic rings. The van der Waals surface area contributed by atoms with Crippen molar-refractivity contribution in [3.8, 4) is 11.1 Å². The predicted octanol–water partition coefficient (Wildman–Crippen LogP) is 2.71. The third-order valence-corrected chi connectivity index (χ3v) is 3.62. The predicted molar refractivity (Wildman–Crippen MR) is 79.4 cm³/mol. The van der Waals surface area contributed by atoms with Crippen LogP contribution in [-0.2, 0) is 4.74 Å². The largest absolute Gasteiger partial charge is 0.464 e. The Morgan fingerprint density at radius 1 is 0.955 bits per heavy atom. The third-order valence-electron chi connectivity index (χ3n) is 3.62. The van der Waals surface area contributed by atoms with Crippen molar-refractivity contribution in [1.82, 2.24) is 10.9 Å². The Bertz CT molecular complexity index is 684. The number of carboxylic acid groups (broad SMARTS) is 1. The molecule has 112 valence electrons. The first-order valence-corrected chi connectivity index (χ1v) is 6.76. The van der Waals surface area contributed by atoms with Crippen LogP contribution < -0.4 is 10.9 Å². The van der Waals surface area contributed by atoms with Gasteiger partial charge in [0.2, 0.25) is 0 Å². The molecule has 0 aromatic heterocycles. The Balaban J connectivity index is 1.77. The van der Waals surface area contributed by atoms with E-state index in [0.29, 0.717) is 0 Å². The van der Waals surface area contributed by atoms with Crippen molar-refractivity contribution >= 4 is 12.2 Å². The van der Waals surface area contributed by atoms with Gasteiger partial charge in [-0.1, -0.05) is 48.5 Å². The summed E-state index contributed by atoms with van der Waals surface area (Å²) in [7, 11) is 0. The Labute approximate surface area is 126 Å². The van der Waals surface area contributed by atoms with E-state index in [0.717, 1.165) is 22.3 Å². The highest BCUT2D eigenvalue weighted by molar-refractivity contribution is 5.79. The van der Waals surface area contributed by atoms with Gasteiger partial charge in [-0.15, -0.1) is 0 Å². The topological polar surface area (TPSA) is 87.7 Å². The number of amides is 2. The average molecular weight is 298 g/mol. The number of fused-ring (bicyclic) bond motifs is 3. The van der Waals surface area contributed by atoms with Crippen LogP contribution in [0.2, 0.25) is 0 Å². The minimum absolute atomic E-state index is 0.0528. The Morgan fingerprint density at radius 3 is 2.05 bits per heavy atom. The summed E-state index contributed by atoms with van der Waals surface area (Å²) in [6.45, 7) is 0.140. The average Bonchev–Trinajstić information content (AvgIpc) is 2.85. The molecule has 0 saturated carbocycles. The van der Waals surface area contributed by atoms with Crippen molar-refractivity contribution in [3.63, 3.8) is 0 Å². The number of nitrogens with one attached hydrogen (secondary N) is 2. The van der Waals surface area contributed by atoms with Crippen molar-refractivity contribution in [2.75, 3.05) is 6.61 Å². The molecule has 3 N–H and O–H groups in total. The van der Waals surface area contributed by atoms with E-state index in [1.807, 2.05) is 54.0 Å². The summed E-state index contributed by atoms with van der Waals surface area (Å²) in [5.41, 5.74) is 8.16. The third kappa shape index (κ3) is 2.58. The first-order chi connectivity index (χ1) is 10.7. The van der Waals surface area contributed by atoms with Crippen LogP contribution in [-0.4, -0.2) is 23.9 Å². The number of carbonyl (C=O) groups is 2. The molecule has 0 bridgehead atoms. The number of carbonyl (C=O) groups excluding carboxylic acids is 1. The van der Waals surface area contributed by atoms with Crippen molar-refractivity contribution < 1.29 is 19.4 Å². The zero-order chi connectivity index (χ0) is 15.5. The second-order valence-electron chi connectivity index (χ2n) is 4.88. The summed E-state index contributed by atoms with van der Waals surface area (Å²) in [6.07, 6.45) is -2.18. The molecule has 0 aliphatic heterocycles. The van der Waals surface area contributed by atoms with Gasteiger partial charge in [-0.05, 0) is 22.3 Å². The van der Waals surface area contributed by atoms with Gasteiger partial charge in [0.25, 0.3) is 0 Å². The smallest absolute Gasteiger partial charge is 0.426 e. The lowest BCUT2D eigenvalue weighted by molar-refractivity contribution is 0.134. The van der Waals surface area contributed by atoms with Crippen LogP contribution in [0.4, 0.5) is 9.59 Å². The number of benzene rings is 2. The normalized spacial score (nSPS) is 12.2. The van der Waals surface area contributed by atoms with Crippen molar-refractivity contribution in [3.05, 3.63) is 59.7 Å². The number of hydrazine groups is 1. The van der Waals surface area contributed by atoms with Crippen molar-refractivity contribution in [2.45, 2.75) is 5.92 Å². The van der Waals surface area contributed by atoms with E-state index < -0.39 is 12.2 Å². The molecule has 0 unspecified atom stereocenters. The SMILES string of the molecule is O=C(O)NNC(=O)OCC1c2ccccc2-c2ccccc21. The van der Waals surface area contributed by atoms with Gasteiger partial charge in [0, 0.05) is 5.92 Å². The molecular formula is C16H14N2O4. The van der Waals surface area contributed by atoms with Crippen LogP contribution in [0.25, 0.3) is 11.1 Å². The molecule has 0 atom stereocenters. The molecule has 0 fully saturated rings. The van der Waals surface area contributed by atoms with E-state index in [9.17, 15) is 9.59 Å². The molecule has 2 amide bonds. The monoisotopic (exact) mass is 298 g/mol. The lowest BCUT2D eigenvalue weighted by Crippen LogP contribution is -2.41. The van der Waals surface area contributed by atoms with Crippen LogP contribution in [0.1, 0.15) is 17.0 Å². The fraction of sp³-hybridized carbons (Fsp3) is 0.125. The second-order valence-corrected chi connectivity index (χ2v) is 4.88. The highest BCUT2D eigenvalue weighted by Crippen LogP contribution is 2.44. The summed E-state index contributed by atoms with van der Waals surface area (Å²) in [6, 6.07) is 16.0. The van der Waals surface area contributed by atoms with Gasteiger partial charge in [0.15, 0.2) is 0 Å². The Morgan fingerprint density at radius 2 is 1.50 bits per heavy atom. The van der Waals surface area contributed by atoms with Gasteiger partial charge >= 0.3 is 12.2 Å². The van der Waals surface area contributed by atoms with E-state index in [4.69, 9.17) is 9.84 Å². The molecule has 3 rings (SSSR count). The lowest BCUT2D eigenvalue weighted by Gasteiger charge is -2.14. The van der Waals surface area contributed by atoms with Crippen molar-refractivity contribution in [2.24, 2.45) is 0 Å². The van der Waals surface area contributed by atoms with Gasteiger partial charge in [-0.25, -0.2) is 20.4 Å². The van der Waals surface area contributed by atoms with Crippen LogP contribution in [0.15, 0.2) is 48.5 Å². The summed E-state index contributed by atoms with van der Waals surface area (Å²) in [4.78, 5) is 21.8. The summed E-state index contributed by atoms with van der Waals surface area (Å²) in [5.74, 6) is -0.0528. The highest BCUT2D eigenvalue weighted by Gasteiger charge is 2.28. The maximum Gasteiger partial charge on any atom is 0.426 e. The van der Waals surface area contributed by atoms with E-state index in [-0.39, 0.29) is 12.5 Å². The van der Waals surface area contributed by atoms with Gasteiger partial charge in [-0.3, -0.25) is 0 Å². The standard InChI is InChI=1S/C16H14N2O4/c19-15(20)17-18-16(21)22-9-14-12-7-3-1-5-10(12)11-6-2-4-8-13(11)14/h1-8,14,17H,9H2,(H,18,21)(H,19,20). The molecule has 0 spiro atoms. The summed E-state index contributed by atoms with van der Waals surface area (Å²) in [5, 5.41) is 8.42. The fourth-order valence-corrected chi connectivity index (χ4v) is 2.74. The van der Waals surface area contributed by atoms with Crippen LogP contribution in [0, 0.1) is 0 Å². The number of hydrogen-bond acceptors (Lipinski definition) is 3. The van der Waals surface area contributed by atoms with Crippen LogP contribution in [0.5, 0.6) is 0 Å². The fourth-order valence-electron chi connectivity index (χ4n) is 2.74. The van der Waals surface area contributed by atoms with Gasteiger partial charge in [0.1, 0.15) is 6.61 Å². The summed E-state index contributed by atoms with van der Waals surface area (Å²) < 4.78 is 5.11. The minimum Gasteiger partial charge on any atom is -0.464 e. The molecule has 22 heavy (non-hydrogen) atoms.